The zero-order valence-corrected chi connectivity index (χ0v) is 10.5. The standard InChI is InChI=1S/C13H19N3O2/c1-16(8-10-4-11(17)5-10)13(18)12-3-2-9(6-14)7-15-12/h2-3,7,10-11,17H,4-6,8,14H2,1H3. The van der Waals surface area contributed by atoms with E-state index in [4.69, 9.17) is 5.73 Å². The van der Waals surface area contributed by atoms with Crippen LogP contribution in [0.5, 0.6) is 0 Å². The summed E-state index contributed by atoms with van der Waals surface area (Å²) in [5.74, 6) is 0.331. The first kappa shape index (κ1) is 13.0. The number of pyridine rings is 1. The second-order valence-corrected chi connectivity index (χ2v) is 4.93. The maximum absolute atomic E-state index is 12.1. The van der Waals surface area contributed by atoms with E-state index in [1.807, 2.05) is 6.07 Å². The van der Waals surface area contributed by atoms with Crippen LogP contribution in [0.15, 0.2) is 18.3 Å². The van der Waals surface area contributed by atoms with E-state index < -0.39 is 0 Å². The number of hydrogen-bond acceptors (Lipinski definition) is 4. The first-order chi connectivity index (χ1) is 8.60. The van der Waals surface area contributed by atoms with Crippen molar-refractivity contribution in [1.29, 1.82) is 0 Å². The number of carbonyl (C=O) groups excluding carboxylic acids is 1. The van der Waals surface area contributed by atoms with Gasteiger partial charge in [0.05, 0.1) is 6.10 Å². The molecule has 1 aromatic heterocycles. The van der Waals surface area contributed by atoms with Crippen molar-refractivity contribution in [2.75, 3.05) is 13.6 Å². The van der Waals surface area contributed by atoms with Gasteiger partial charge in [-0.05, 0) is 30.4 Å². The van der Waals surface area contributed by atoms with Crippen molar-refractivity contribution in [2.45, 2.75) is 25.5 Å². The molecule has 18 heavy (non-hydrogen) atoms. The van der Waals surface area contributed by atoms with E-state index in [1.165, 1.54) is 0 Å². The summed E-state index contributed by atoms with van der Waals surface area (Å²) in [6.45, 7) is 1.10. The van der Waals surface area contributed by atoms with Crippen LogP contribution in [0, 0.1) is 5.92 Å². The van der Waals surface area contributed by atoms with E-state index in [-0.39, 0.29) is 12.0 Å². The zero-order chi connectivity index (χ0) is 13.1. The van der Waals surface area contributed by atoms with Crippen molar-refractivity contribution in [3.8, 4) is 0 Å². The minimum atomic E-state index is -0.180. The smallest absolute Gasteiger partial charge is 0.272 e. The number of hydrogen-bond donors (Lipinski definition) is 2. The highest BCUT2D eigenvalue weighted by atomic mass is 16.3. The van der Waals surface area contributed by atoms with Crippen LogP contribution < -0.4 is 5.73 Å². The fraction of sp³-hybridized carbons (Fsp3) is 0.538. The summed E-state index contributed by atoms with van der Waals surface area (Å²) < 4.78 is 0. The van der Waals surface area contributed by atoms with Crippen LogP contribution in [-0.4, -0.2) is 40.6 Å². The molecule has 0 spiro atoms. The van der Waals surface area contributed by atoms with Gasteiger partial charge in [-0.25, -0.2) is 0 Å². The molecule has 5 nitrogen and oxygen atoms in total. The quantitative estimate of drug-likeness (QED) is 0.808. The number of carbonyl (C=O) groups is 1. The number of nitrogens with two attached hydrogens (primary N) is 1. The summed E-state index contributed by atoms with van der Waals surface area (Å²) >= 11 is 0. The van der Waals surface area contributed by atoms with Gasteiger partial charge in [0.2, 0.25) is 0 Å². The Morgan fingerprint density at radius 2 is 2.28 bits per heavy atom. The summed E-state index contributed by atoms with van der Waals surface area (Å²) in [6.07, 6.45) is 3.03. The van der Waals surface area contributed by atoms with Gasteiger partial charge in [0.1, 0.15) is 5.69 Å². The number of aliphatic hydroxyl groups excluding tert-OH is 1. The molecule has 98 valence electrons. The van der Waals surface area contributed by atoms with Gasteiger partial charge < -0.3 is 15.7 Å². The Bertz CT molecular complexity index is 413. The number of aromatic nitrogens is 1. The van der Waals surface area contributed by atoms with Gasteiger partial charge in [-0.15, -0.1) is 0 Å². The van der Waals surface area contributed by atoms with E-state index in [0.29, 0.717) is 24.7 Å². The predicted octanol–water partition coefficient (Wildman–Crippen LogP) is 0.383. The number of aliphatic hydroxyl groups is 1. The Morgan fingerprint density at radius 1 is 1.56 bits per heavy atom. The van der Waals surface area contributed by atoms with Crippen LogP contribution in [0.1, 0.15) is 28.9 Å². The highest BCUT2D eigenvalue weighted by molar-refractivity contribution is 5.92. The number of nitrogens with zero attached hydrogens (tertiary/aromatic N) is 2. The van der Waals surface area contributed by atoms with Gasteiger partial charge in [-0.3, -0.25) is 9.78 Å². The summed E-state index contributed by atoms with van der Waals surface area (Å²) in [6, 6.07) is 3.53. The molecule has 1 aromatic rings. The van der Waals surface area contributed by atoms with Gasteiger partial charge in [0, 0.05) is 26.3 Å². The van der Waals surface area contributed by atoms with Crippen molar-refractivity contribution in [3.63, 3.8) is 0 Å². The molecule has 1 aliphatic carbocycles. The first-order valence-corrected chi connectivity index (χ1v) is 6.18. The molecular weight excluding hydrogens is 230 g/mol. The van der Waals surface area contributed by atoms with Gasteiger partial charge in [0.25, 0.3) is 5.91 Å². The molecule has 2 rings (SSSR count). The average molecular weight is 249 g/mol. The fourth-order valence-corrected chi connectivity index (χ4v) is 2.19. The number of rotatable bonds is 4. The lowest BCUT2D eigenvalue weighted by atomic mass is 9.82. The third kappa shape index (κ3) is 2.86. The van der Waals surface area contributed by atoms with Crippen LogP contribution in [0.2, 0.25) is 0 Å². The van der Waals surface area contributed by atoms with E-state index in [1.54, 1.807) is 24.2 Å². The molecule has 0 atom stereocenters. The molecule has 0 aromatic carbocycles. The van der Waals surface area contributed by atoms with Crippen molar-refractivity contribution >= 4 is 5.91 Å². The maximum atomic E-state index is 12.1. The molecular formula is C13H19N3O2. The Hall–Kier alpha value is -1.46. The lowest BCUT2D eigenvalue weighted by Crippen LogP contribution is -2.39. The fourth-order valence-electron chi connectivity index (χ4n) is 2.19. The molecule has 0 unspecified atom stereocenters. The Labute approximate surface area is 107 Å². The molecule has 0 bridgehead atoms. The SMILES string of the molecule is CN(CC1CC(O)C1)C(=O)c1ccc(CN)cn1. The highest BCUT2D eigenvalue weighted by Gasteiger charge is 2.29. The van der Waals surface area contributed by atoms with Crippen molar-refractivity contribution < 1.29 is 9.90 Å². The van der Waals surface area contributed by atoms with E-state index in [0.717, 1.165) is 18.4 Å². The lowest BCUT2D eigenvalue weighted by molar-refractivity contribution is 0.0264. The molecule has 5 heteroatoms. The monoisotopic (exact) mass is 249 g/mol. The molecule has 1 heterocycles. The predicted molar refractivity (Wildman–Crippen MR) is 67.8 cm³/mol. The lowest BCUT2D eigenvalue weighted by Gasteiger charge is -2.34. The molecule has 3 N–H and O–H groups in total. The van der Waals surface area contributed by atoms with Crippen molar-refractivity contribution in [3.05, 3.63) is 29.6 Å². The minimum Gasteiger partial charge on any atom is -0.393 e. The van der Waals surface area contributed by atoms with Crippen LogP contribution in [0.3, 0.4) is 0 Å². The minimum absolute atomic E-state index is 0.0834. The average Bonchev–Trinajstić information content (AvgIpc) is 2.36. The summed E-state index contributed by atoms with van der Waals surface area (Å²) in [7, 11) is 1.77. The first-order valence-electron chi connectivity index (χ1n) is 6.18. The molecule has 1 amide bonds. The molecule has 0 radical (unpaired) electrons. The molecule has 1 saturated carbocycles. The zero-order valence-electron chi connectivity index (χ0n) is 10.5. The van der Waals surface area contributed by atoms with Crippen molar-refractivity contribution in [2.24, 2.45) is 11.7 Å². The third-order valence-electron chi connectivity index (χ3n) is 3.37. The maximum Gasteiger partial charge on any atom is 0.272 e. The Kier molecular flexibility index (Phi) is 3.93. The van der Waals surface area contributed by atoms with Crippen LogP contribution in [-0.2, 0) is 6.54 Å². The summed E-state index contributed by atoms with van der Waals surface area (Å²) in [5, 5.41) is 9.22. The van der Waals surface area contributed by atoms with E-state index >= 15 is 0 Å². The number of amides is 1. The van der Waals surface area contributed by atoms with Gasteiger partial charge in [0.15, 0.2) is 0 Å². The topological polar surface area (TPSA) is 79.5 Å². The van der Waals surface area contributed by atoms with Gasteiger partial charge in [-0.2, -0.15) is 0 Å². The van der Waals surface area contributed by atoms with Gasteiger partial charge in [-0.1, -0.05) is 6.07 Å². The second kappa shape index (κ2) is 5.46. The second-order valence-electron chi connectivity index (χ2n) is 4.93. The Balaban J connectivity index is 1.92. The normalized spacial score (nSPS) is 22.4. The molecule has 0 aliphatic heterocycles. The Morgan fingerprint density at radius 3 is 2.78 bits per heavy atom. The highest BCUT2D eigenvalue weighted by Crippen LogP contribution is 2.27. The van der Waals surface area contributed by atoms with E-state index in [9.17, 15) is 9.90 Å². The third-order valence-corrected chi connectivity index (χ3v) is 3.37. The summed E-state index contributed by atoms with van der Waals surface area (Å²) in [5.41, 5.74) is 6.83. The summed E-state index contributed by atoms with van der Waals surface area (Å²) in [4.78, 5) is 17.9. The van der Waals surface area contributed by atoms with E-state index in [2.05, 4.69) is 4.98 Å². The van der Waals surface area contributed by atoms with Crippen LogP contribution >= 0.6 is 0 Å². The molecule has 0 saturated heterocycles. The van der Waals surface area contributed by atoms with Gasteiger partial charge >= 0.3 is 0 Å². The molecule has 1 aliphatic rings. The van der Waals surface area contributed by atoms with Crippen molar-refractivity contribution in [1.82, 2.24) is 9.88 Å². The van der Waals surface area contributed by atoms with Crippen LogP contribution in [0.4, 0.5) is 0 Å². The molecule has 1 fully saturated rings. The largest absolute Gasteiger partial charge is 0.393 e. The van der Waals surface area contributed by atoms with Crippen LogP contribution in [0.25, 0.3) is 0 Å².